The van der Waals surface area contributed by atoms with Crippen LogP contribution in [0.25, 0.3) is 0 Å². The molecule has 1 aromatic rings. The molecule has 0 nitrogen and oxygen atoms in total. The summed E-state index contributed by atoms with van der Waals surface area (Å²) in [5, 5.41) is 0. The second-order valence-corrected chi connectivity index (χ2v) is 7.00. The molecule has 0 saturated heterocycles. The van der Waals surface area contributed by atoms with E-state index in [0.717, 1.165) is 6.42 Å². The second kappa shape index (κ2) is 13.9. The van der Waals surface area contributed by atoms with Crippen molar-refractivity contribution >= 4 is 7.25 Å². The Bertz CT molecular complexity index is 417. The highest BCUT2D eigenvalue weighted by Gasteiger charge is 2.20. The van der Waals surface area contributed by atoms with Crippen LogP contribution in [0, 0.1) is 13.4 Å². The Labute approximate surface area is 141 Å². The van der Waals surface area contributed by atoms with Crippen LogP contribution in [0.3, 0.4) is 0 Å². The standard InChI is InChI=1S/C16H22I.BF4/c1-2-3-4-5-6-7-8-12-15-17-16-13-10-9-11-14-16;2-1(3,4)5/h9-11,13-14H,2-8H2,1H3;/q+1;-1. The zero-order chi connectivity index (χ0) is 16.7. The van der Waals surface area contributed by atoms with Crippen molar-refractivity contribution < 1.29 is 38.5 Å². The fraction of sp³-hybridized carbons (Fsp3) is 0.500. The van der Waals surface area contributed by atoms with Crippen LogP contribution in [-0.2, 0) is 0 Å². The Morgan fingerprint density at radius 1 is 0.909 bits per heavy atom. The lowest BCUT2D eigenvalue weighted by Gasteiger charge is -1.95. The van der Waals surface area contributed by atoms with Crippen molar-refractivity contribution in [2.24, 2.45) is 0 Å². The van der Waals surface area contributed by atoms with Crippen LogP contribution in [-0.4, -0.2) is 7.25 Å². The van der Waals surface area contributed by atoms with E-state index in [9.17, 15) is 17.3 Å². The Morgan fingerprint density at radius 3 is 2.05 bits per heavy atom. The van der Waals surface area contributed by atoms with Gasteiger partial charge in [0.25, 0.3) is 0 Å². The van der Waals surface area contributed by atoms with Crippen LogP contribution in [0.4, 0.5) is 17.3 Å². The summed E-state index contributed by atoms with van der Waals surface area (Å²) in [7, 11) is -6.00. The largest absolute Gasteiger partial charge is 0.673 e. The maximum atomic E-state index is 9.75. The maximum absolute atomic E-state index is 9.75. The predicted octanol–water partition coefficient (Wildman–Crippen LogP) is 2.96. The molecule has 0 aromatic heterocycles. The molecule has 1 rings (SSSR count). The fourth-order valence-electron chi connectivity index (χ4n) is 1.61. The van der Waals surface area contributed by atoms with Gasteiger partial charge in [0, 0.05) is 6.42 Å². The first-order valence-corrected chi connectivity index (χ1v) is 9.63. The molecule has 0 aliphatic carbocycles. The van der Waals surface area contributed by atoms with Crippen molar-refractivity contribution in [2.75, 3.05) is 0 Å². The van der Waals surface area contributed by atoms with E-state index in [4.69, 9.17) is 0 Å². The minimum Gasteiger partial charge on any atom is -0.418 e. The molecule has 1 aromatic carbocycles. The van der Waals surface area contributed by atoms with E-state index in [1.54, 1.807) is 0 Å². The smallest absolute Gasteiger partial charge is 0.418 e. The van der Waals surface area contributed by atoms with Crippen molar-refractivity contribution in [3.05, 3.63) is 33.9 Å². The minimum absolute atomic E-state index is 0.0664. The van der Waals surface area contributed by atoms with Crippen LogP contribution < -0.4 is 21.2 Å². The molecule has 22 heavy (non-hydrogen) atoms. The summed E-state index contributed by atoms with van der Waals surface area (Å²) in [5.74, 6) is 3.32. The molecule has 0 atom stereocenters. The predicted molar refractivity (Wildman–Crippen MR) is 81.1 cm³/mol. The van der Waals surface area contributed by atoms with Crippen molar-refractivity contribution in [1.29, 1.82) is 0 Å². The van der Waals surface area contributed by atoms with Gasteiger partial charge in [-0.1, -0.05) is 57.2 Å². The molecule has 0 aliphatic rings. The van der Waals surface area contributed by atoms with Crippen LogP contribution in [0.15, 0.2) is 30.3 Å². The highest BCUT2D eigenvalue weighted by atomic mass is 127. The topological polar surface area (TPSA) is 0 Å². The lowest BCUT2D eigenvalue weighted by molar-refractivity contribution is -0.535. The fourth-order valence-corrected chi connectivity index (χ4v) is 3.15. The number of halogens is 5. The molecule has 0 bridgehead atoms. The molecule has 0 saturated carbocycles. The third-order valence-electron chi connectivity index (χ3n) is 2.61. The van der Waals surface area contributed by atoms with Crippen LogP contribution in [0.1, 0.15) is 51.9 Å². The molecule has 0 radical (unpaired) electrons. The molecule has 0 N–H and O–H groups in total. The second-order valence-electron chi connectivity index (χ2n) is 4.67. The van der Waals surface area contributed by atoms with E-state index in [-0.39, 0.29) is 21.2 Å². The number of unbranched alkanes of at least 4 members (excludes halogenated alkanes) is 6. The van der Waals surface area contributed by atoms with E-state index < -0.39 is 7.25 Å². The van der Waals surface area contributed by atoms with E-state index in [2.05, 4.69) is 47.1 Å². The molecule has 124 valence electrons. The Balaban J connectivity index is 0.000000763. The summed E-state index contributed by atoms with van der Waals surface area (Å²) in [6.45, 7) is 2.26. The zero-order valence-corrected chi connectivity index (χ0v) is 15.0. The van der Waals surface area contributed by atoms with Gasteiger partial charge in [0.15, 0.2) is 3.93 Å². The summed E-state index contributed by atoms with van der Waals surface area (Å²) in [4.78, 5) is 0. The normalized spacial score (nSPS) is 10.2. The van der Waals surface area contributed by atoms with Gasteiger partial charge in [-0.05, 0) is 24.5 Å². The quantitative estimate of drug-likeness (QED) is 0.206. The number of benzene rings is 1. The first-order valence-electron chi connectivity index (χ1n) is 7.47. The lowest BCUT2D eigenvalue weighted by Crippen LogP contribution is -3.59. The molecule has 0 amide bonds. The summed E-state index contributed by atoms with van der Waals surface area (Å²) in [6, 6.07) is 10.6. The number of hydrogen-bond acceptors (Lipinski definition) is 0. The Kier molecular flexibility index (Phi) is 13.5. The minimum atomic E-state index is -6.00. The average Bonchev–Trinajstić information content (AvgIpc) is 2.45. The third kappa shape index (κ3) is 19.3. The third-order valence-corrected chi connectivity index (χ3v) is 4.60. The first-order chi connectivity index (χ1) is 10.4. The van der Waals surface area contributed by atoms with Crippen molar-refractivity contribution in [3.63, 3.8) is 0 Å². The van der Waals surface area contributed by atoms with Gasteiger partial charge in [-0.2, -0.15) is 0 Å². The molecule has 0 fully saturated rings. The SMILES string of the molecule is CCCCCCCCC#C[I+]c1ccccc1.F[B-](F)(F)F. The maximum Gasteiger partial charge on any atom is 0.673 e. The van der Waals surface area contributed by atoms with Crippen LogP contribution in [0.2, 0.25) is 0 Å². The van der Waals surface area contributed by atoms with Gasteiger partial charge in [0.2, 0.25) is 3.57 Å². The van der Waals surface area contributed by atoms with Gasteiger partial charge in [-0.3, -0.25) is 0 Å². The average molecular weight is 428 g/mol. The van der Waals surface area contributed by atoms with Gasteiger partial charge in [-0.15, -0.1) is 0 Å². The van der Waals surface area contributed by atoms with Crippen molar-refractivity contribution in [1.82, 2.24) is 0 Å². The molecule has 6 heteroatoms. The van der Waals surface area contributed by atoms with E-state index in [0.29, 0.717) is 0 Å². The van der Waals surface area contributed by atoms with Gasteiger partial charge < -0.3 is 17.3 Å². The molecule has 0 heterocycles. The van der Waals surface area contributed by atoms with Gasteiger partial charge in [0.05, 0.1) is 0 Å². The zero-order valence-electron chi connectivity index (χ0n) is 12.8. The Morgan fingerprint density at radius 2 is 1.45 bits per heavy atom. The molecular formula is C16H22BF4I. The van der Waals surface area contributed by atoms with Crippen LogP contribution in [0.5, 0.6) is 0 Å². The van der Waals surface area contributed by atoms with Crippen molar-refractivity contribution in [2.45, 2.75) is 51.9 Å². The summed E-state index contributed by atoms with van der Waals surface area (Å²) < 4.78 is 43.8. The van der Waals surface area contributed by atoms with E-state index in [1.807, 2.05) is 0 Å². The number of hydrogen-bond donors (Lipinski definition) is 0. The molecule has 0 aliphatic heterocycles. The van der Waals surface area contributed by atoms with E-state index in [1.165, 1.54) is 42.1 Å². The lowest BCUT2D eigenvalue weighted by atomic mass is 10.1. The van der Waals surface area contributed by atoms with Gasteiger partial charge >= 0.3 is 28.5 Å². The molecular weight excluding hydrogens is 406 g/mol. The summed E-state index contributed by atoms with van der Waals surface area (Å²) >= 11 is -0.0664. The highest BCUT2D eigenvalue weighted by molar-refractivity contribution is 6.50. The summed E-state index contributed by atoms with van der Waals surface area (Å²) in [5.41, 5.74) is 0. The van der Waals surface area contributed by atoms with Gasteiger partial charge in [-0.25, -0.2) is 0 Å². The van der Waals surface area contributed by atoms with Gasteiger partial charge in [0.1, 0.15) is 0 Å². The Hall–Kier alpha value is -0.705. The van der Waals surface area contributed by atoms with E-state index >= 15 is 0 Å². The molecule has 0 spiro atoms. The van der Waals surface area contributed by atoms with Crippen molar-refractivity contribution in [3.8, 4) is 9.85 Å². The van der Waals surface area contributed by atoms with Crippen LogP contribution >= 0.6 is 0 Å². The first kappa shape index (κ1) is 21.3. The number of rotatable bonds is 7. The highest BCUT2D eigenvalue weighted by Crippen LogP contribution is 2.06. The monoisotopic (exact) mass is 428 g/mol. The molecule has 0 unspecified atom stereocenters. The summed E-state index contributed by atoms with van der Waals surface area (Å²) in [6.07, 6.45) is 9.27.